The van der Waals surface area contributed by atoms with Crippen LogP contribution in [0.15, 0.2) is 59.5 Å². The fourth-order valence-electron chi connectivity index (χ4n) is 3.15. The minimum absolute atomic E-state index is 0.106. The smallest absolute Gasteiger partial charge is 0.251 e. The zero-order chi connectivity index (χ0) is 23.7. The van der Waals surface area contributed by atoms with Crippen molar-refractivity contribution in [3.8, 4) is 0 Å². The summed E-state index contributed by atoms with van der Waals surface area (Å²) < 4.78 is 27.6. The Kier molecular flexibility index (Phi) is 9.41. The summed E-state index contributed by atoms with van der Waals surface area (Å²) in [6, 6.07) is 15.0. The number of anilines is 1. The number of sulfonamides is 1. The molecular formula is C24H33N3O4S. The molecule has 0 bridgehead atoms. The molecule has 0 atom stereocenters. The van der Waals surface area contributed by atoms with Gasteiger partial charge in [-0.15, -0.1) is 0 Å². The standard InChI is InChI=1S/C24H33N3O4S/c1-18(2)16-27(17-19(3)4)32(30,31)22-12-10-21(11-13-22)26-23(28)14-15-25-24(29)20-8-6-5-7-9-20/h5-13,18-19H,14-17H2,1-4H3,(H,25,29)(H,26,28). The van der Waals surface area contributed by atoms with Gasteiger partial charge in [-0.1, -0.05) is 45.9 Å². The normalized spacial score (nSPS) is 11.7. The SMILES string of the molecule is CC(C)CN(CC(C)C)S(=O)(=O)c1ccc(NC(=O)CCNC(=O)c2ccccc2)cc1. The van der Waals surface area contributed by atoms with E-state index >= 15 is 0 Å². The van der Waals surface area contributed by atoms with Crippen LogP contribution in [-0.2, 0) is 14.8 Å². The molecular weight excluding hydrogens is 426 g/mol. The Labute approximate surface area is 191 Å². The van der Waals surface area contributed by atoms with Crippen LogP contribution in [0.3, 0.4) is 0 Å². The number of carbonyl (C=O) groups excluding carboxylic acids is 2. The third-order valence-corrected chi connectivity index (χ3v) is 6.43. The molecule has 0 heterocycles. The number of nitrogens with one attached hydrogen (secondary N) is 2. The summed E-state index contributed by atoms with van der Waals surface area (Å²) in [5.41, 5.74) is 1.04. The van der Waals surface area contributed by atoms with Gasteiger partial charge in [0.15, 0.2) is 0 Å². The first-order valence-electron chi connectivity index (χ1n) is 10.8. The van der Waals surface area contributed by atoms with Gasteiger partial charge in [0.25, 0.3) is 5.91 Å². The molecule has 0 fully saturated rings. The summed E-state index contributed by atoms with van der Waals surface area (Å²) in [7, 11) is -3.61. The number of nitrogens with zero attached hydrogens (tertiary/aromatic N) is 1. The molecule has 2 rings (SSSR count). The van der Waals surface area contributed by atoms with Gasteiger partial charge in [0, 0.05) is 37.3 Å². The lowest BCUT2D eigenvalue weighted by atomic mass is 10.2. The van der Waals surface area contributed by atoms with Crippen LogP contribution >= 0.6 is 0 Å². The molecule has 0 aliphatic rings. The highest BCUT2D eigenvalue weighted by atomic mass is 32.2. The van der Waals surface area contributed by atoms with Gasteiger partial charge < -0.3 is 10.6 Å². The first-order chi connectivity index (χ1) is 15.1. The summed E-state index contributed by atoms with van der Waals surface area (Å²) in [6.45, 7) is 9.06. The van der Waals surface area contributed by atoms with E-state index in [-0.39, 0.29) is 41.5 Å². The number of rotatable bonds is 11. The summed E-state index contributed by atoms with van der Waals surface area (Å²) in [6.07, 6.45) is 0.106. The summed E-state index contributed by atoms with van der Waals surface area (Å²) in [5, 5.41) is 5.43. The van der Waals surface area contributed by atoms with Crippen molar-refractivity contribution in [2.75, 3.05) is 25.0 Å². The van der Waals surface area contributed by atoms with Crippen molar-refractivity contribution in [3.63, 3.8) is 0 Å². The zero-order valence-corrected chi connectivity index (χ0v) is 20.0. The van der Waals surface area contributed by atoms with Crippen LogP contribution in [0.4, 0.5) is 5.69 Å². The van der Waals surface area contributed by atoms with Crippen LogP contribution in [0.5, 0.6) is 0 Å². The van der Waals surface area contributed by atoms with Crippen molar-refractivity contribution >= 4 is 27.5 Å². The fourth-order valence-corrected chi connectivity index (χ4v) is 4.92. The number of hydrogen-bond donors (Lipinski definition) is 2. The average Bonchev–Trinajstić information content (AvgIpc) is 2.73. The van der Waals surface area contributed by atoms with E-state index in [2.05, 4.69) is 10.6 Å². The van der Waals surface area contributed by atoms with E-state index in [1.807, 2.05) is 33.8 Å². The second kappa shape index (κ2) is 11.8. The zero-order valence-electron chi connectivity index (χ0n) is 19.2. The van der Waals surface area contributed by atoms with E-state index < -0.39 is 10.0 Å². The molecule has 8 heteroatoms. The molecule has 174 valence electrons. The molecule has 2 amide bonds. The molecule has 0 saturated carbocycles. The van der Waals surface area contributed by atoms with E-state index in [4.69, 9.17) is 0 Å². The minimum Gasteiger partial charge on any atom is -0.352 e. The van der Waals surface area contributed by atoms with E-state index in [1.165, 1.54) is 16.4 Å². The lowest BCUT2D eigenvalue weighted by Gasteiger charge is -2.25. The molecule has 0 aliphatic heterocycles. The van der Waals surface area contributed by atoms with Crippen LogP contribution in [0.1, 0.15) is 44.5 Å². The summed E-state index contributed by atoms with van der Waals surface area (Å²) in [4.78, 5) is 24.4. The molecule has 0 aromatic heterocycles. The first kappa shape index (κ1) is 25.5. The molecule has 7 nitrogen and oxygen atoms in total. The van der Waals surface area contributed by atoms with Crippen molar-refractivity contribution in [1.29, 1.82) is 0 Å². The first-order valence-corrected chi connectivity index (χ1v) is 12.3. The molecule has 32 heavy (non-hydrogen) atoms. The van der Waals surface area contributed by atoms with Crippen LogP contribution < -0.4 is 10.6 Å². The second-order valence-electron chi connectivity index (χ2n) is 8.55. The number of carbonyl (C=O) groups is 2. The molecule has 0 aliphatic carbocycles. The number of benzene rings is 2. The van der Waals surface area contributed by atoms with Gasteiger partial charge in [-0.3, -0.25) is 9.59 Å². The summed E-state index contributed by atoms with van der Waals surface area (Å²) in [5.74, 6) is -0.0792. The predicted molar refractivity (Wildman–Crippen MR) is 127 cm³/mol. The van der Waals surface area contributed by atoms with Gasteiger partial charge >= 0.3 is 0 Å². The van der Waals surface area contributed by atoms with Crippen LogP contribution in [0, 0.1) is 11.8 Å². The Hall–Kier alpha value is -2.71. The third-order valence-electron chi connectivity index (χ3n) is 4.59. The van der Waals surface area contributed by atoms with Gasteiger partial charge in [-0.2, -0.15) is 4.31 Å². The predicted octanol–water partition coefficient (Wildman–Crippen LogP) is 3.75. The Balaban J connectivity index is 1.93. The third kappa shape index (κ3) is 7.76. The van der Waals surface area contributed by atoms with Crippen molar-refractivity contribution in [3.05, 3.63) is 60.2 Å². The highest BCUT2D eigenvalue weighted by Gasteiger charge is 2.25. The van der Waals surface area contributed by atoms with E-state index in [0.29, 0.717) is 24.3 Å². The Bertz CT molecular complexity index is 978. The number of hydrogen-bond acceptors (Lipinski definition) is 4. The van der Waals surface area contributed by atoms with Crippen molar-refractivity contribution < 1.29 is 18.0 Å². The van der Waals surface area contributed by atoms with Crippen LogP contribution in [0.2, 0.25) is 0 Å². The van der Waals surface area contributed by atoms with Crippen molar-refractivity contribution in [2.45, 2.75) is 39.0 Å². The quantitative estimate of drug-likeness (QED) is 0.535. The van der Waals surface area contributed by atoms with E-state index in [0.717, 1.165) is 0 Å². The van der Waals surface area contributed by atoms with Crippen LogP contribution in [0.25, 0.3) is 0 Å². The van der Waals surface area contributed by atoms with Crippen molar-refractivity contribution in [1.82, 2.24) is 9.62 Å². The molecule has 2 aromatic carbocycles. The lowest BCUT2D eigenvalue weighted by molar-refractivity contribution is -0.116. The van der Waals surface area contributed by atoms with Crippen molar-refractivity contribution in [2.24, 2.45) is 11.8 Å². The minimum atomic E-state index is -3.61. The maximum absolute atomic E-state index is 13.1. The Morgan fingerprint density at radius 3 is 1.97 bits per heavy atom. The lowest BCUT2D eigenvalue weighted by Crippen LogP contribution is -2.37. The van der Waals surface area contributed by atoms with Gasteiger partial charge in [-0.05, 0) is 48.2 Å². The monoisotopic (exact) mass is 459 g/mol. The molecule has 0 radical (unpaired) electrons. The number of amides is 2. The Morgan fingerprint density at radius 2 is 1.44 bits per heavy atom. The average molecular weight is 460 g/mol. The summed E-state index contributed by atoms with van der Waals surface area (Å²) >= 11 is 0. The maximum Gasteiger partial charge on any atom is 0.251 e. The van der Waals surface area contributed by atoms with Gasteiger partial charge in [0.1, 0.15) is 0 Å². The molecule has 2 N–H and O–H groups in total. The van der Waals surface area contributed by atoms with E-state index in [1.54, 1.807) is 36.4 Å². The fraction of sp³-hybridized carbons (Fsp3) is 0.417. The highest BCUT2D eigenvalue weighted by Crippen LogP contribution is 2.21. The van der Waals surface area contributed by atoms with Gasteiger partial charge in [-0.25, -0.2) is 8.42 Å². The van der Waals surface area contributed by atoms with E-state index in [9.17, 15) is 18.0 Å². The maximum atomic E-state index is 13.1. The second-order valence-corrected chi connectivity index (χ2v) is 10.5. The largest absolute Gasteiger partial charge is 0.352 e. The molecule has 2 aromatic rings. The molecule has 0 saturated heterocycles. The van der Waals surface area contributed by atoms with Crippen LogP contribution in [-0.4, -0.2) is 44.2 Å². The van der Waals surface area contributed by atoms with Gasteiger partial charge in [0.2, 0.25) is 15.9 Å². The molecule has 0 unspecified atom stereocenters. The molecule has 0 spiro atoms. The highest BCUT2D eigenvalue weighted by molar-refractivity contribution is 7.89. The topological polar surface area (TPSA) is 95.6 Å². The Morgan fingerprint density at radius 1 is 0.875 bits per heavy atom. The van der Waals surface area contributed by atoms with Gasteiger partial charge in [0.05, 0.1) is 4.90 Å².